The number of carbonyl (C=O) groups is 2. The highest BCUT2D eigenvalue weighted by atomic mass is 32.2. The van der Waals surface area contributed by atoms with Crippen LogP contribution in [0.4, 0.5) is 10.5 Å². The van der Waals surface area contributed by atoms with Crippen LogP contribution in [0.3, 0.4) is 0 Å². The van der Waals surface area contributed by atoms with Gasteiger partial charge in [0.1, 0.15) is 5.60 Å². The van der Waals surface area contributed by atoms with Gasteiger partial charge in [-0.3, -0.25) is 4.79 Å². The summed E-state index contributed by atoms with van der Waals surface area (Å²) in [6.45, 7) is 7.37. The molecule has 2 amide bonds. The molecule has 3 rings (SSSR count). The summed E-state index contributed by atoms with van der Waals surface area (Å²) in [7, 11) is -3.11. The molecular formula is C20H27N3O5S2. The Morgan fingerprint density at radius 1 is 1.23 bits per heavy atom. The SMILES string of the molecule is Cc1ccc(N2C(=NC(=O)CCNC(=O)OC(C)(C)C)SC3CS(=O)(=O)CC32)cc1. The molecule has 30 heavy (non-hydrogen) atoms. The summed E-state index contributed by atoms with van der Waals surface area (Å²) < 4.78 is 29.4. The highest BCUT2D eigenvalue weighted by Crippen LogP contribution is 2.41. The molecular weight excluding hydrogens is 426 g/mol. The number of thioether (sulfide) groups is 1. The van der Waals surface area contributed by atoms with E-state index in [0.717, 1.165) is 11.3 Å². The largest absolute Gasteiger partial charge is 0.444 e. The Kier molecular flexibility index (Phi) is 6.47. The Labute approximate surface area is 181 Å². The molecule has 1 aromatic rings. The minimum absolute atomic E-state index is 0.0265. The van der Waals surface area contributed by atoms with Gasteiger partial charge in [-0.15, -0.1) is 0 Å². The van der Waals surface area contributed by atoms with Gasteiger partial charge in [-0.1, -0.05) is 29.5 Å². The molecule has 0 aromatic heterocycles. The number of amidine groups is 1. The number of aryl methyl sites for hydroxylation is 1. The summed E-state index contributed by atoms with van der Waals surface area (Å²) in [5.74, 6) is -0.252. The van der Waals surface area contributed by atoms with Gasteiger partial charge < -0.3 is 15.0 Å². The number of anilines is 1. The fraction of sp³-hybridized carbons (Fsp3) is 0.550. The smallest absolute Gasteiger partial charge is 0.407 e. The van der Waals surface area contributed by atoms with Gasteiger partial charge in [-0.05, 0) is 39.8 Å². The van der Waals surface area contributed by atoms with Crippen LogP contribution < -0.4 is 10.2 Å². The third kappa shape index (κ3) is 5.75. The van der Waals surface area contributed by atoms with Crippen molar-refractivity contribution in [1.82, 2.24) is 5.32 Å². The summed E-state index contributed by atoms with van der Waals surface area (Å²) in [5.41, 5.74) is 1.29. The molecule has 2 heterocycles. The van der Waals surface area contributed by atoms with Crippen LogP contribution in [0.5, 0.6) is 0 Å². The van der Waals surface area contributed by atoms with Gasteiger partial charge in [0.15, 0.2) is 15.0 Å². The quantitative estimate of drug-likeness (QED) is 0.747. The van der Waals surface area contributed by atoms with Crippen molar-refractivity contribution in [2.24, 2.45) is 4.99 Å². The monoisotopic (exact) mass is 453 g/mol. The number of rotatable bonds is 4. The van der Waals surface area contributed by atoms with Crippen LogP contribution in [0.25, 0.3) is 0 Å². The number of nitrogens with zero attached hydrogens (tertiary/aromatic N) is 2. The van der Waals surface area contributed by atoms with E-state index in [-0.39, 0.29) is 41.7 Å². The van der Waals surface area contributed by atoms with Crippen LogP contribution in [-0.4, -0.2) is 60.5 Å². The highest BCUT2D eigenvalue weighted by molar-refractivity contribution is 8.16. The third-order valence-electron chi connectivity index (χ3n) is 4.61. The van der Waals surface area contributed by atoms with Crippen LogP contribution in [0.1, 0.15) is 32.8 Å². The van der Waals surface area contributed by atoms with E-state index in [1.54, 1.807) is 20.8 Å². The molecule has 0 bridgehead atoms. The predicted molar refractivity (Wildman–Crippen MR) is 119 cm³/mol. The number of benzene rings is 1. The van der Waals surface area contributed by atoms with Gasteiger partial charge in [-0.2, -0.15) is 4.99 Å². The molecule has 0 aliphatic carbocycles. The molecule has 0 radical (unpaired) electrons. The number of sulfone groups is 1. The zero-order valence-electron chi connectivity index (χ0n) is 17.5. The van der Waals surface area contributed by atoms with E-state index in [1.807, 2.05) is 36.1 Å². The topological polar surface area (TPSA) is 105 Å². The zero-order valence-corrected chi connectivity index (χ0v) is 19.2. The van der Waals surface area contributed by atoms with Crippen molar-refractivity contribution in [1.29, 1.82) is 0 Å². The van der Waals surface area contributed by atoms with E-state index in [1.165, 1.54) is 11.8 Å². The van der Waals surface area contributed by atoms with Gasteiger partial charge >= 0.3 is 6.09 Å². The molecule has 2 aliphatic rings. The first-order valence-corrected chi connectivity index (χ1v) is 12.4. The minimum atomic E-state index is -3.11. The first kappa shape index (κ1) is 22.6. The molecule has 1 aromatic carbocycles. The fourth-order valence-electron chi connectivity index (χ4n) is 3.32. The summed E-state index contributed by atoms with van der Waals surface area (Å²) in [6.07, 6.45) is -0.558. The van der Waals surface area contributed by atoms with Crippen LogP contribution in [-0.2, 0) is 19.4 Å². The predicted octanol–water partition coefficient (Wildman–Crippen LogP) is 2.51. The fourth-order valence-corrected chi connectivity index (χ4v) is 7.25. The van der Waals surface area contributed by atoms with E-state index in [4.69, 9.17) is 4.74 Å². The lowest BCUT2D eigenvalue weighted by molar-refractivity contribution is -0.117. The second-order valence-electron chi connectivity index (χ2n) is 8.47. The van der Waals surface area contributed by atoms with Crippen molar-refractivity contribution in [3.63, 3.8) is 0 Å². The molecule has 2 saturated heterocycles. The molecule has 8 nitrogen and oxygen atoms in total. The number of alkyl carbamates (subject to hydrolysis) is 1. The molecule has 2 fully saturated rings. The van der Waals surface area contributed by atoms with Crippen molar-refractivity contribution in [3.8, 4) is 0 Å². The lowest BCUT2D eigenvalue weighted by Gasteiger charge is -2.24. The number of aliphatic imine (C=N–C) groups is 1. The maximum atomic E-state index is 12.4. The number of hydrogen-bond acceptors (Lipinski definition) is 6. The molecule has 0 spiro atoms. The molecule has 1 N–H and O–H groups in total. The molecule has 2 unspecified atom stereocenters. The Balaban J connectivity index is 1.70. The first-order chi connectivity index (χ1) is 13.9. The zero-order chi connectivity index (χ0) is 22.1. The average Bonchev–Trinajstić information content (AvgIpc) is 3.05. The number of hydrogen-bond donors (Lipinski definition) is 1. The Morgan fingerprint density at radius 3 is 2.53 bits per heavy atom. The molecule has 0 saturated carbocycles. The van der Waals surface area contributed by atoms with Gasteiger partial charge in [0.25, 0.3) is 0 Å². The van der Waals surface area contributed by atoms with Gasteiger partial charge in [-0.25, -0.2) is 13.2 Å². The van der Waals surface area contributed by atoms with Crippen molar-refractivity contribution in [2.75, 3.05) is 23.0 Å². The Morgan fingerprint density at radius 2 is 1.90 bits per heavy atom. The maximum absolute atomic E-state index is 12.4. The lowest BCUT2D eigenvalue weighted by atomic mass is 10.1. The van der Waals surface area contributed by atoms with Crippen LogP contribution in [0.2, 0.25) is 0 Å². The number of carbonyl (C=O) groups excluding carboxylic acids is 2. The molecule has 164 valence electrons. The van der Waals surface area contributed by atoms with Crippen LogP contribution in [0.15, 0.2) is 29.3 Å². The van der Waals surface area contributed by atoms with Gasteiger partial charge in [0.05, 0.1) is 17.5 Å². The van der Waals surface area contributed by atoms with Crippen LogP contribution >= 0.6 is 11.8 Å². The molecule has 2 atom stereocenters. The number of nitrogens with one attached hydrogen (secondary N) is 1. The van der Waals surface area contributed by atoms with E-state index < -0.39 is 21.5 Å². The average molecular weight is 454 g/mol. The Bertz CT molecular complexity index is 952. The van der Waals surface area contributed by atoms with Crippen molar-refractivity contribution >= 4 is 44.5 Å². The third-order valence-corrected chi connectivity index (χ3v) is 7.82. The normalized spacial score (nSPS) is 24.0. The van der Waals surface area contributed by atoms with Gasteiger partial charge in [0, 0.05) is 23.9 Å². The summed E-state index contributed by atoms with van der Waals surface area (Å²) in [4.78, 5) is 30.2. The Hall–Kier alpha value is -2.07. The van der Waals surface area contributed by atoms with E-state index in [0.29, 0.717) is 5.17 Å². The highest BCUT2D eigenvalue weighted by Gasteiger charge is 2.49. The maximum Gasteiger partial charge on any atom is 0.407 e. The number of amides is 2. The van der Waals surface area contributed by atoms with Crippen LogP contribution in [0, 0.1) is 6.92 Å². The number of fused-ring (bicyclic) bond motifs is 1. The number of ether oxygens (including phenoxy) is 1. The minimum Gasteiger partial charge on any atom is -0.444 e. The van der Waals surface area contributed by atoms with E-state index in [9.17, 15) is 18.0 Å². The second-order valence-corrected chi connectivity index (χ2v) is 11.8. The second kappa shape index (κ2) is 8.58. The summed E-state index contributed by atoms with van der Waals surface area (Å²) in [6, 6.07) is 7.47. The first-order valence-electron chi connectivity index (χ1n) is 9.75. The molecule has 2 aliphatic heterocycles. The van der Waals surface area contributed by atoms with E-state index in [2.05, 4.69) is 10.3 Å². The van der Waals surface area contributed by atoms with Crippen molar-refractivity contribution in [2.45, 2.75) is 51.0 Å². The lowest BCUT2D eigenvalue weighted by Crippen LogP contribution is -2.37. The molecule has 10 heteroatoms. The van der Waals surface area contributed by atoms with Crippen molar-refractivity contribution in [3.05, 3.63) is 29.8 Å². The van der Waals surface area contributed by atoms with Gasteiger partial charge in [0.2, 0.25) is 5.91 Å². The standard InChI is InChI=1S/C20H27N3O5S2/c1-13-5-7-14(8-6-13)23-15-11-30(26,27)12-16(15)29-18(23)22-17(24)9-10-21-19(25)28-20(2,3)4/h5-8,15-16H,9-12H2,1-4H3,(H,21,25). The van der Waals surface area contributed by atoms with Crippen molar-refractivity contribution < 1.29 is 22.7 Å². The summed E-state index contributed by atoms with van der Waals surface area (Å²) in [5, 5.41) is 2.90. The summed E-state index contributed by atoms with van der Waals surface area (Å²) >= 11 is 1.33. The van der Waals surface area contributed by atoms with E-state index >= 15 is 0 Å².